The third-order valence-electron chi connectivity index (χ3n) is 4.09. The van der Waals surface area contributed by atoms with E-state index >= 15 is 0 Å². The molecule has 1 aliphatic carbocycles. The Balaban J connectivity index is 1.81. The molecule has 1 heterocycles. The number of rotatable bonds is 3. The summed E-state index contributed by atoms with van der Waals surface area (Å²) in [6.07, 6.45) is 4.88. The van der Waals surface area contributed by atoms with Crippen LogP contribution >= 0.6 is 0 Å². The van der Waals surface area contributed by atoms with Crippen molar-refractivity contribution in [3.05, 3.63) is 0 Å². The van der Waals surface area contributed by atoms with E-state index < -0.39 is 0 Å². The van der Waals surface area contributed by atoms with Gasteiger partial charge in [0.25, 0.3) is 0 Å². The van der Waals surface area contributed by atoms with Crippen LogP contribution in [0.4, 0.5) is 4.79 Å². The predicted octanol–water partition coefficient (Wildman–Crippen LogP) is 1.52. The average Bonchev–Trinajstić information content (AvgIpc) is 3.12. The monoisotopic (exact) mass is 239 g/mol. The van der Waals surface area contributed by atoms with E-state index in [9.17, 15) is 4.79 Å². The number of hydrogen-bond acceptors (Lipinski definition) is 2. The maximum atomic E-state index is 12.1. The highest BCUT2D eigenvalue weighted by molar-refractivity contribution is 5.74. The summed E-state index contributed by atoms with van der Waals surface area (Å²) in [6.45, 7) is 3.91. The molecular formula is C13H25N3O. The Morgan fingerprint density at radius 1 is 1.35 bits per heavy atom. The van der Waals surface area contributed by atoms with Crippen LogP contribution in [0.5, 0.6) is 0 Å². The molecule has 1 N–H and O–H groups in total. The van der Waals surface area contributed by atoms with Crippen molar-refractivity contribution < 1.29 is 4.79 Å². The molecule has 1 aliphatic heterocycles. The Morgan fingerprint density at radius 2 is 2.06 bits per heavy atom. The van der Waals surface area contributed by atoms with Crippen LogP contribution in [0.25, 0.3) is 0 Å². The second-order valence-electron chi connectivity index (χ2n) is 5.78. The first kappa shape index (κ1) is 12.7. The second-order valence-corrected chi connectivity index (χ2v) is 5.78. The van der Waals surface area contributed by atoms with Crippen LogP contribution in [-0.4, -0.2) is 55.1 Å². The highest BCUT2D eigenvalue weighted by Crippen LogP contribution is 2.32. The predicted molar refractivity (Wildman–Crippen MR) is 69.0 cm³/mol. The standard InChI is InChI=1S/C13H25N3O/c1-10(11-6-7-11)14-13(17)16-8-4-5-12(9-16)15(2)3/h10-12H,4-9H2,1-3H3,(H,14,17). The van der Waals surface area contributed by atoms with Gasteiger partial charge in [-0.05, 0) is 52.6 Å². The molecule has 17 heavy (non-hydrogen) atoms. The molecule has 0 bridgehead atoms. The zero-order valence-electron chi connectivity index (χ0n) is 11.3. The molecule has 2 amide bonds. The summed E-state index contributed by atoms with van der Waals surface area (Å²) in [5.74, 6) is 0.730. The molecule has 98 valence electrons. The third kappa shape index (κ3) is 3.35. The molecule has 2 fully saturated rings. The van der Waals surface area contributed by atoms with Gasteiger partial charge in [-0.1, -0.05) is 0 Å². The van der Waals surface area contributed by atoms with Crippen molar-refractivity contribution >= 4 is 6.03 Å². The van der Waals surface area contributed by atoms with Crippen molar-refractivity contribution in [2.75, 3.05) is 27.2 Å². The zero-order valence-corrected chi connectivity index (χ0v) is 11.3. The summed E-state index contributed by atoms with van der Waals surface area (Å²) in [6, 6.07) is 1.00. The lowest BCUT2D eigenvalue weighted by atomic mass is 10.1. The normalized spacial score (nSPS) is 27.1. The van der Waals surface area contributed by atoms with Gasteiger partial charge in [-0.2, -0.15) is 0 Å². The van der Waals surface area contributed by atoms with Gasteiger partial charge in [0.05, 0.1) is 0 Å². The number of likely N-dealkylation sites (tertiary alicyclic amines) is 1. The number of hydrogen-bond donors (Lipinski definition) is 1. The SMILES string of the molecule is CC(NC(=O)N1CCCC(N(C)C)C1)C1CC1. The van der Waals surface area contributed by atoms with Gasteiger partial charge in [0.15, 0.2) is 0 Å². The van der Waals surface area contributed by atoms with E-state index in [-0.39, 0.29) is 6.03 Å². The van der Waals surface area contributed by atoms with Crippen LogP contribution in [-0.2, 0) is 0 Å². The summed E-state index contributed by atoms with van der Waals surface area (Å²) in [4.78, 5) is 16.3. The van der Waals surface area contributed by atoms with Crippen LogP contribution in [0.1, 0.15) is 32.6 Å². The van der Waals surface area contributed by atoms with E-state index in [1.165, 1.54) is 19.3 Å². The Bertz CT molecular complexity index is 276. The van der Waals surface area contributed by atoms with Crippen molar-refractivity contribution in [3.8, 4) is 0 Å². The van der Waals surface area contributed by atoms with Gasteiger partial charge in [0.2, 0.25) is 0 Å². The molecule has 4 nitrogen and oxygen atoms in total. The number of urea groups is 1. The molecule has 2 atom stereocenters. The van der Waals surface area contributed by atoms with Crippen LogP contribution < -0.4 is 5.32 Å². The first-order valence-corrected chi connectivity index (χ1v) is 6.80. The highest BCUT2D eigenvalue weighted by atomic mass is 16.2. The van der Waals surface area contributed by atoms with Crippen molar-refractivity contribution in [3.63, 3.8) is 0 Å². The van der Waals surface area contributed by atoms with Crippen molar-refractivity contribution in [2.24, 2.45) is 5.92 Å². The lowest BCUT2D eigenvalue weighted by Gasteiger charge is -2.36. The number of likely N-dealkylation sites (N-methyl/N-ethyl adjacent to an activating group) is 1. The van der Waals surface area contributed by atoms with Crippen molar-refractivity contribution in [1.82, 2.24) is 15.1 Å². The van der Waals surface area contributed by atoms with Gasteiger partial charge in [0.1, 0.15) is 0 Å². The molecule has 1 saturated carbocycles. The van der Waals surface area contributed by atoms with Gasteiger partial charge in [-0.3, -0.25) is 0 Å². The molecule has 2 aliphatic rings. The molecule has 2 rings (SSSR count). The molecule has 0 aromatic heterocycles. The largest absolute Gasteiger partial charge is 0.335 e. The van der Waals surface area contributed by atoms with E-state index in [0.29, 0.717) is 12.1 Å². The second kappa shape index (κ2) is 5.25. The van der Waals surface area contributed by atoms with Gasteiger partial charge >= 0.3 is 6.03 Å². The molecule has 0 aromatic carbocycles. The van der Waals surface area contributed by atoms with E-state index in [2.05, 4.69) is 31.2 Å². The van der Waals surface area contributed by atoms with Crippen LogP contribution in [0, 0.1) is 5.92 Å². The Hall–Kier alpha value is -0.770. The van der Waals surface area contributed by atoms with E-state index in [1.54, 1.807) is 0 Å². The van der Waals surface area contributed by atoms with Crippen LogP contribution in [0.3, 0.4) is 0 Å². The summed E-state index contributed by atoms with van der Waals surface area (Å²) >= 11 is 0. The number of piperidine rings is 1. The molecule has 2 unspecified atom stereocenters. The number of carbonyl (C=O) groups excluding carboxylic acids is 1. The molecule has 4 heteroatoms. The fourth-order valence-electron chi connectivity index (χ4n) is 2.56. The average molecular weight is 239 g/mol. The number of nitrogens with one attached hydrogen (secondary N) is 1. The molecular weight excluding hydrogens is 214 g/mol. The topological polar surface area (TPSA) is 35.6 Å². The molecule has 0 radical (unpaired) electrons. The van der Waals surface area contributed by atoms with Crippen LogP contribution in [0.2, 0.25) is 0 Å². The Kier molecular flexibility index (Phi) is 3.92. The zero-order chi connectivity index (χ0) is 12.4. The molecule has 0 spiro atoms. The Morgan fingerprint density at radius 3 is 2.65 bits per heavy atom. The minimum atomic E-state index is 0.135. The third-order valence-corrected chi connectivity index (χ3v) is 4.09. The first-order valence-electron chi connectivity index (χ1n) is 6.80. The first-order chi connectivity index (χ1) is 8.08. The smallest absolute Gasteiger partial charge is 0.317 e. The maximum absolute atomic E-state index is 12.1. The van der Waals surface area contributed by atoms with Crippen LogP contribution in [0.15, 0.2) is 0 Å². The van der Waals surface area contributed by atoms with E-state index in [4.69, 9.17) is 0 Å². The Labute approximate surface area is 104 Å². The summed E-state index contributed by atoms with van der Waals surface area (Å²) in [7, 11) is 4.19. The summed E-state index contributed by atoms with van der Waals surface area (Å²) in [5, 5.41) is 3.14. The fraction of sp³-hybridized carbons (Fsp3) is 0.923. The molecule has 0 aromatic rings. The quantitative estimate of drug-likeness (QED) is 0.810. The minimum Gasteiger partial charge on any atom is -0.335 e. The summed E-state index contributed by atoms with van der Waals surface area (Å²) in [5.41, 5.74) is 0. The van der Waals surface area contributed by atoms with Gasteiger partial charge in [-0.15, -0.1) is 0 Å². The fourth-order valence-corrected chi connectivity index (χ4v) is 2.56. The number of carbonyl (C=O) groups is 1. The lowest BCUT2D eigenvalue weighted by molar-refractivity contribution is 0.137. The molecule has 1 saturated heterocycles. The van der Waals surface area contributed by atoms with E-state index in [1.807, 2.05) is 4.90 Å². The van der Waals surface area contributed by atoms with Gasteiger partial charge in [-0.25, -0.2) is 4.79 Å². The van der Waals surface area contributed by atoms with E-state index in [0.717, 1.165) is 25.4 Å². The van der Waals surface area contributed by atoms with Crippen molar-refractivity contribution in [2.45, 2.75) is 44.7 Å². The maximum Gasteiger partial charge on any atom is 0.317 e. The van der Waals surface area contributed by atoms with Gasteiger partial charge < -0.3 is 15.1 Å². The lowest BCUT2D eigenvalue weighted by Crippen LogP contribution is -2.52. The number of amides is 2. The number of nitrogens with zero attached hydrogens (tertiary/aromatic N) is 2. The minimum absolute atomic E-state index is 0.135. The summed E-state index contributed by atoms with van der Waals surface area (Å²) < 4.78 is 0. The van der Waals surface area contributed by atoms with Gasteiger partial charge in [0, 0.05) is 25.2 Å². The highest BCUT2D eigenvalue weighted by Gasteiger charge is 2.31. The van der Waals surface area contributed by atoms with Crippen molar-refractivity contribution in [1.29, 1.82) is 0 Å².